The van der Waals surface area contributed by atoms with Crippen LogP contribution in [0, 0.1) is 5.82 Å². The molecular weight excluding hydrogens is 467 g/mol. The number of halogens is 1. The van der Waals surface area contributed by atoms with Gasteiger partial charge in [0.1, 0.15) is 16.7 Å². The molecule has 5 rings (SSSR count). The molecule has 1 aliphatic carbocycles. The summed E-state index contributed by atoms with van der Waals surface area (Å²) in [6.45, 7) is -0.215. The number of amidine groups is 1. The predicted octanol–water partition coefficient (Wildman–Crippen LogP) is 4.89. The highest BCUT2D eigenvalue weighted by molar-refractivity contribution is 7.90. The van der Waals surface area contributed by atoms with Crippen molar-refractivity contribution in [1.82, 2.24) is 5.32 Å². The summed E-state index contributed by atoms with van der Waals surface area (Å²) in [7, 11) is -3.98. The standard InChI is InChI=1S/C27H27FN2O4S/c28-23-10-5-4-9-22(23)24(15-18-31)29-26-30-35(32,33)25(27(34-26)16-6-17-27)21-13-11-20(12-14-21)19-7-2-1-3-8-19/h1-5,7-14,24-25,31H,6,15-18H2,(H,29,30)/t24?,25-/m0/s1. The highest BCUT2D eigenvalue weighted by Gasteiger charge is 2.56. The van der Waals surface area contributed by atoms with E-state index in [9.17, 15) is 17.9 Å². The minimum Gasteiger partial charge on any atom is -0.456 e. The molecule has 8 heteroatoms. The van der Waals surface area contributed by atoms with Gasteiger partial charge in [0.2, 0.25) is 0 Å². The molecule has 3 aromatic carbocycles. The Balaban J connectivity index is 1.46. The topological polar surface area (TPSA) is 88.0 Å². The molecule has 0 saturated heterocycles. The molecule has 1 heterocycles. The lowest BCUT2D eigenvalue weighted by molar-refractivity contribution is -0.0316. The first-order chi connectivity index (χ1) is 16.9. The highest BCUT2D eigenvalue weighted by atomic mass is 32.2. The van der Waals surface area contributed by atoms with Crippen LogP contribution in [0.1, 0.15) is 48.1 Å². The van der Waals surface area contributed by atoms with Crippen LogP contribution in [-0.4, -0.2) is 31.8 Å². The maximum Gasteiger partial charge on any atom is 0.301 e. The number of hydrogen-bond acceptors (Lipinski definition) is 5. The summed E-state index contributed by atoms with van der Waals surface area (Å²) in [5.74, 6) is -0.451. The summed E-state index contributed by atoms with van der Waals surface area (Å²) in [4.78, 5) is 0. The molecule has 1 spiro atoms. The second-order valence-electron chi connectivity index (χ2n) is 9.03. The van der Waals surface area contributed by atoms with Crippen molar-refractivity contribution in [2.45, 2.75) is 42.6 Å². The van der Waals surface area contributed by atoms with Crippen LogP contribution in [0.25, 0.3) is 11.1 Å². The van der Waals surface area contributed by atoms with Crippen molar-refractivity contribution in [3.63, 3.8) is 0 Å². The van der Waals surface area contributed by atoms with Crippen molar-refractivity contribution in [2.75, 3.05) is 6.61 Å². The van der Waals surface area contributed by atoms with E-state index in [4.69, 9.17) is 4.74 Å². The van der Waals surface area contributed by atoms with Crippen LogP contribution >= 0.6 is 0 Å². The average Bonchev–Trinajstić information content (AvgIpc) is 2.83. The van der Waals surface area contributed by atoms with E-state index in [0.29, 0.717) is 24.0 Å². The number of nitrogens with one attached hydrogen (secondary N) is 1. The van der Waals surface area contributed by atoms with Crippen LogP contribution < -0.4 is 5.32 Å². The van der Waals surface area contributed by atoms with Gasteiger partial charge in [-0.3, -0.25) is 0 Å². The monoisotopic (exact) mass is 494 g/mol. The zero-order valence-corrected chi connectivity index (χ0v) is 19.9. The van der Waals surface area contributed by atoms with Crippen molar-refractivity contribution in [1.29, 1.82) is 0 Å². The Morgan fingerprint density at radius 1 is 1.00 bits per heavy atom. The molecule has 1 saturated carbocycles. The smallest absolute Gasteiger partial charge is 0.301 e. The number of ether oxygens (including phenoxy) is 1. The normalized spacial score (nSPS) is 20.9. The predicted molar refractivity (Wildman–Crippen MR) is 133 cm³/mol. The van der Waals surface area contributed by atoms with Crippen molar-refractivity contribution < 1.29 is 22.7 Å². The lowest BCUT2D eigenvalue weighted by atomic mass is 9.75. The van der Waals surface area contributed by atoms with E-state index in [1.54, 1.807) is 18.2 Å². The highest BCUT2D eigenvalue weighted by Crippen LogP contribution is 2.52. The van der Waals surface area contributed by atoms with Crippen LogP contribution in [0.2, 0.25) is 0 Å². The Labute approximate surface area is 204 Å². The van der Waals surface area contributed by atoms with Gasteiger partial charge in [0.25, 0.3) is 10.0 Å². The van der Waals surface area contributed by atoms with Crippen LogP contribution in [-0.2, 0) is 14.8 Å². The number of rotatable bonds is 6. The molecule has 0 aromatic heterocycles. The molecule has 2 N–H and O–H groups in total. The van der Waals surface area contributed by atoms with Crippen molar-refractivity contribution in [2.24, 2.45) is 4.40 Å². The van der Waals surface area contributed by atoms with Crippen LogP contribution in [0.3, 0.4) is 0 Å². The fourth-order valence-corrected chi connectivity index (χ4v) is 6.70. The number of aliphatic hydroxyl groups is 1. The van der Waals surface area contributed by atoms with Crippen molar-refractivity contribution in [3.05, 3.63) is 95.8 Å². The molecule has 3 aromatic rings. The van der Waals surface area contributed by atoms with E-state index in [-0.39, 0.29) is 19.0 Å². The quantitative estimate of drug-likeness (QED) is 0.510. The summed E-state index contributed by atoms with van der Waals surface area (Å²) < 4.78 is 51.5. The van der Waals surface area contributed by atoms with Crippen LogP contribution in [0.5, 0.6) is 0 Å². The third-order valence-corrected chi connectivity index (χ3v) is 8.52. The molecule has 1 aliphatic heterocycles. The molecule has 0 bridgehead atoms. The van der Waals surface area contributed by atoms with Gasteiger partial charge in [-0.1, -0.05) is 72.8 Å². The van der Waals surface area contributed by atoms with Gasteiger partial charge in [0.15, 0.2) is 0 Å². The summed E-state index contributed by atoms with van der Waals surface area (Å²) in [5, 5.41) is 11.5. The molecule has 1 unspecified atom stereocenters. The van der Waals surface area contributed by atoms with Gasteiger partial charge >= 0.3 is 6.02 Å². The van der Waals surface area contributed by atoms with Gasteiger partial charge in [0.05, 0.1) is 6.04 Å². The molecule has 0 radical (unpaired) electrons. The number of nitrogens with zero attached hydrogens (tertiary/aromatic N) is 1. The Morgan fingerprint density at radius 3 is 2.29 bits per heavy atom. The van der Waals surface area contributed by atoms with E-state index in [0.717, 1.165) is 17.5 Å². The molecule has 2 atom stereocenters. The Kier molecular flexibility index (Phi) is 6.34. The first-order valence-corrected chi connectivity index (χ1v) is 13.2. The second kappa shape index (κ2) is 9.43. The average molecular weight is 495 g/mol. The molecule has 1 fully saturated rings. The lowest BCUT2D eigenvalue weighted by Crippen LogP contribution is -2.55. The largest absolute Gasteiger partial charge is 0.456 e. The fraction of sp³-hybridized carbons (Fsp3) is 0.296. The summed E-state index contributed by atoms with van der Waals surface area (Å²) in [5.41, 5.74) is 2.05. The van der Waals surface area contributed by atoms with Crippen LogP contribution in [0.4, 0.5) is 4.39 Å². The fourth-order valence-electron chi connectivity index (χ4n) is 4.95. The van der Waals surface area contributed by atoms with E-state index < -0.39 is 32.7 Å². The maximum absolute atomic E-state index is 14.4. The third kappa shape index (κ3) is 4.56. The molecule has 182 valence electrons. The van der Waals surface area contributed by atoms with Crippen molar-refractivity contribution in [3.8, 4) is 11.1 Å². The minimum absolute atomic E-state index is 0.149. The van der Waals surface area contributed by atoms with Gasteiger partial charge in [-0.15, -0.1) is 4.40 Å². The number of benzene rings is 3. The summed E-state index contributed by atoms with van der Waals surface area (Å²) in [6, 6.07) is 22.7. The zero-order valence-electron chi connectivity index (χ0n) is 19.1. The Hall–Kier alpha value is -3.23. The molecule has 0 amide bonds. The van der Waals surface area contributed by atoms with Crippen molar-refractivity contribution >= 4 is 16.0 Å². The first kappa shape index (κ1) is 23.5. The molecule has 2 aliphatic rings. The van der Waals surface area contributed by atoms with Gasteiger partial charge in [-0.05, 0) is 48.4 Å². The Morgan fingerprint density at radius 2 is 1.66 bits per heavy atom. The molecule has 35 heavy (non-hydrogen) atoms. The number of aliphatic hydroxyl groups excluding tert-OH is 1. The summed E-state index contributed by atoms with van der Waals surface area (Å²) in [6.07, 6.45) is 2.15. The van der Waals surface area contributed by atoms with E-state index in [1.807, 2.05) is 54.6 Å². The lowest BCUT2D eigenvalue weighted by Gasteiger charge is -2.48. The molecule has 6 nitrogen and oxygen atoms in total. The second-order valence-corrected chi connectivity index (χ2v) is 10.7. The first-order valence-electron chi connectivity index (χ1n) is 11.7. The number of hydrogen-bond donors (Lipinski definition) is 2. The SMILES string of the molecule is O=S1(=O)N=C(NC(CCO)c2ccccc2F)OC2(CCC2)[C@@H]1c1ccc(-c2ccccc2)cc1. The van der Waals surface area contributed by atoms with Gasteiger partial charge in [-0.25, -0.2) is 12.8 Å². The maximum atomic E-state index is 14.4. The van der Waals surface area contributed by atoms with E-state index in [1.165, 1.54) is 6.07 Å². The van der Waals surface area contributed by atoms with E-state index >= 15 is 0 Å². The van der Waals surface area contributed by atoms with Gasteiger partial charge in [-0.2, -0.15) is 0 Å². The molecular formula is C27H27FN2O4S. The zero-order chi connectivity index (χ0) is 24.5. The number of sulfonamides is 1. The van der Waals surface area contributed by atoms with Crippen LogP contribution in [0.15, 0.2) is 83.3 Å². The van der Waals surface area contributed by atoms with Gasteiger partial charge in [0, 0.05) is 12.2 Å². The minimum atomic E-state index is -3.98. The Bertz CT molecular complexity index is 1320. The van der Waals surface area contributed by atoms with E-state index in [2.05, 4.69) is 9.71 Å². The summed E-state index contributed by atoms with van der Waals surface area (Å²) >= 11 is 0. The third-order valence-electron chi connectivity index (χ3n) is 6.80. The van der Waals surface area contributed by atoms with Gasteiger partial charge < -0.3 is 15.2 Å².